The maximum Gasteiger partial charge on any atom is 0.416 e. The summed E-state index contributed by atoms with van der Waals surface area (Å²) in [4.78, 5) is 10.5. The number of halogens is 6. The molecule has 0 amide bonds. The Bertz CT molecular complexity index is 1110. The summed E-state index contributed by atoms with van der Waals surface area (Å²) in [5, 5.41) is 9.56. The minimum absolute atomic E-state index is 0.0659. The number of aryl methyl sites for hydroxylation is 1. The van der Waals surface area contributed by atoms with Crippen molar-refractivity contribution in [1.29, 1.82) is 0 Å². The first kappa shape index (κ1) is 22.9. The van der Waals surface area contributed by atoms with E-state index < -0.39 is 50.1 Å². The van der Waals surface area contributed by atoms with Crippen molar-refractivity contribution in [2.45, 2.75) is 42.9 Å². The lowest BCUT2D eigenvalue weighted by molar-refractivity contribution is -0.143. The maximum absolute atomic E-state index is 13.0. The average molecular weight is 467 g/mol. The molecule has 0 fully saturated rings. The second kappa shape index (κ2) is 7.74. The first-order chi connectivity index (χ1) is 14.2. The summed E-state index contributed by atoms with van der Waals surface area (Å²) in [7, 11) is -4.97. The molecule has 12 heteroatoms. The molecule has 0 unspecified atom stereocenters. The highest BCUT2D eigenvalue weighted by Crippen LogP contribution is 2.38. The van der Waals surface area contributed by atoms with Gasteiger partial charge in [0.1, 0.15) is 0 Å². The molecule has 2 aromatic rings. The molecule has 168 valence electrons. The first-order valence-corrected chi connectivity index (χ1v) is 10.4. The van der Waals surface area contributed by atoms with Crippen LogP contribution in [0.4, 0.5) is 32.0 Å². The topological polar surface area (TPSA) is 83.5 Å². The lowest BCUT2D eigenvalue weighted by Crippen LogP contribution is -2.20. The van der Waals surface area contributed by atoms with Crippen LogP contribution in [0.25, 0.3) is 0 Å². The van der Waals surface area contributed by atoms with Gasteiger partial charge in [0.15, 0.2) is 0 Å². The summed E-state index contributed by atoms with van der Waals surface area (Å²) >= 11 is 0. The quantitative estimate of drug-likeness (QED) is 0.613. The van der Waals surface area contributed by atoms with E-state index in [9.17, 15) is 44.7 Å². The van der Waals surface area contributed by atoms with Crippen LogP contribution < -0.4 is 4.72 Å². The molecule has 5 nitrogen and oxygen atoms in total. The largest absolute Gasteiger partial charge is 0.478 e. The molecule has 2 aromatic carbocycles. The van der Waals surface area contributed by atoms with Crippen molar-refractivity contribution < 1.29 is 44.7 Å². The number of hydrogen-bond acceptors (Lipinski definition) is 3. The van der Waals surface area contributed by atoms with Crippen molar-refractivity contribution in [3.8, 4) is 0 Å². The standard InChI is InChI=1S/C19H15F6NO4S/c20-18(21,22)11-7-12(19(23,24)25)9-13(8-11)31(29,30)26-15-6-5-10-3-1-2-4-14(10)16(15)17(27)28/h5-9,26H,1-4H2,(H,27,28). The van der Waals surface area contributed by atoms with Crippen molar-refractivity contribution in [1.82, 2.24) is 0 Å². The molecule has 0 aliphatic heterocycles. The van der Waals surface area contributed by atoms with Crippen molar-refractivity contribution in [3.63, 3.8) is 0 Å². The van der Waals surface area contributed by atoms with Gasteiger partial charge in [0, 0.05) is 0 Å². The number of carboxylic acid groups (broad SMARTS) is 1. The lowest BCUT2D eigenvalue weighted by atomic mass is 9.87. The Morgan fingerprint density at radius 3 is 1.97 bits per heavy atom. The van der Waals surface area contributed by atoms with Crippen molar-refractivity contribution in [2.75, 3.05) is 4.72 Å². The molecular formula is C19H15F6NO4S. The monoisotopic (exact) mass is 467 g/mol. The fourth-order valence-corrected chi connectivity index (χ4v) is 4.58. The number of fused-ring (bicyclic) bond motifs is 1. The van der Waals surface area contributed by atoms with Crippen LogP contribution in [0.2, 0.25) is 0 Å². The first-order valence-electron chi connectivity index (χ1n) is 8.90. The number of carbonyl (C=O) groups is 1. The van der Waals surface area contributed by atoms with Crippen LogP contribution >= 0.6 is 0 Å². The molecule has 3 rings (SSSR count). The van der Waals surface area contributed by atoms with Crippen LogP contribution in [0.5, 0.6) is 0 Å². The van der Waals surface area contributed by atoms with Crippen molar-refractivity contribution in [2.24, 2.45) is 0 Å². The third-order valence-corrected chi connectivity index (χ3v) is 6.21. The van der Waals surface area contributed by atoms with E-state index in [1.807, 2.05) is 4.72 Å². The summed E-state index contributed by atoms with van der Waals surface area (Å²) in [5.74, 6) is -1.46. The number of sulfonamides is 1. The lowest BCUT2D eigenvalue weighted by Gasteiger charge is -2.21. The van der Waals surface area contributed by atoms with Gasteiger partial charge < -0.3 is 5.11 Å². The molecular weight excluding hydrogens is 452 g/mol. The third-order valence-electron chi connectivity index (χ3n) is 4.86. The van der Waals surface area contributed by atoms with Crippen LogP contribution in [0.1, 0.15) is 45.5 Å². The second-order valence-electron chi connectivity index (χ2n) is 6.99. The third kappa shape index (κ3) is 4.78. The fraction of sp³-hybridized carbons (Fsp3) is 0.316. The molecule has 2 N–H and O–H groups in total. The van der Waals surface area contributed by atoms with E-state index in [1.165, 1.54) is 6.07 Å². The van der Waals surface area contributed by atoms with E-state index in [4.69, 9.17) is 0 Å². The minimum Gasteiger partial charge on any atom is -0.478 e. The van der Waals surface area contributed by atoms with Crippen LogP contribution in [0, 0.1) is 0 Å². The molecule has 0 atom stereocenters. The number of alkyl halides is 6. The van der Waals surface area contributed by atoms with Crippen LogP contribution in [-0.2, 0) is 35.2 Å². The molecule has 0 saturated heterocycles. The van der Waals surface area contributed by atoms with Gasteiger partial charge >= 0.3 is 18.3 Å². The number of carboxylic acids is 1. The normalized spacial score (nSPS) is 14.8. The zero-order chi connectivity index (χ0) is 23.2. The molecule has 1 aliphatic rings. The Morgan fingerprint density at radius 2 is 1.45 bits per heavy atom. The number of rotatable bonds is 4. The summed E-state index contributed by atoms with van der Waals surface area (Å²) < 4.78 is 105. The number of aromatic carboxylic acids is 1. The Balaban J connectivity index is 2.13. The zero-order valence-electron chi connectivity index (χ0n) is 15.6. The molecule has 0 aromatic heterocycles. The molecule has 0 heterocycles. The molecule has 0 radical (unpaired) electrons. The number of benzene rings is 2. The molecule has 0 saturated carbocycles. The van der Waals surface area contributed by atoms with Crippen LogP contribution in [0.15, 0.2) is 35.2 Å². The second-order valence-corrected chi connectivity index (χ2v) is 8.67. The highest BCUT2D eigenvalue weighted by Gasteiger charge is 2.38. The Morgan fingerprint density at radius 1 is 0.903 bits per heavy atom. The molecule has 0 spiro atoms. The molecule has 31 heavy (non-hydrogen) atoms. The van der Waals surface area contributed by atoms with Gasteiger partial charge in [0.25, 0.3) is 10.0 Å². The highest BCUT2D eigenvalue weighted by molar-refractivity contribution is 7.92. The van der Waals surface area contributed by atoms with E-state index >= 15 is 0 Å². The van der Waals surface area contributed by atoms with Gasteiger partial charge in [-0.15, -0.1) is 0 Å². The van der Waals surface area contributed by atoms with Gasteiger partial charge in [0.2, 0.25) is 0 Å². The SMILES string of the molecule is O=C(O)c1c(NS(=O)(=O)c2cc(C(F)(F)F)cc(C(F)(F)F)c2)ccc2c1CCCC2. The predicted octanol–water partition coefficient (Wildman–Crippen LogP) is 5.10. The number of nitrogens with one attached hydrogen (secondary N) is 1. The highest BCUT2D eigenvalue weighted by atomic mass is 32.2. The Labute approximate surface area is 172 Å². The van der Waals surface area contributed by atoms with Gasteiger partial charge in [-0.25, -0.2) is 13.2 Å². The summed E-state index contributed by atoms with van der Waals surface area (Å²) in [6, 6.07) is 2.57. The van der Waals surface area contributed by atoms with Crippen molar-refractivity contribution >= 4 is 21.7 Å². The Kier molecular flexibility index (Phi) is 5.72. The zero-order valence-corrected chi connectivity index (χ0v) is 16.4. The van der Waals surface area contributed by atoms with Crippen molar-refractivity contribution in [3.05, 3.63) is 58.1 Å². The van der Waals surface area contributed by atoms with Gasteiger partial charge in [-0.2, -0.15) is 26.3 Å². The summed E-state index contributed by atoms with van der Waals surface area (Å²) in [5.41, 5.74) is -3.31. The minimum atomic E-state index is -5.23. The average Bonchev–Trinajstić information content (AvgIpc) is 2.65. The van der Waals surface area contributed by atoms with Crippen LogP contribution in [0.3, 0.4) is 0 Å². The fourth-order valence-electron chi connectivity index (χ4n) is 3.44. The number of hydrogen-bond donors (Lipinski definition) is 2. The molecule has 0 bridgehead atoms. The van der Waals surface area contributed by atoms with E-state index in [2.05, 4.69) is 0 Å². The van der Waals surface area contributed by atoms with E-state index in [0.717, 1.165) is 12.5 Å². The van der Waals surface area contributed by atoms with Gasteiger partial charge in [0.05, 0.1) is 27.3 Å². The van der Waals surface area contributed by atoms with E-state index in [-0.39, 0.29) is 23.8 Å². The van der Waals surface area contributed by atoms with Gasteiger partial charge in [-0.05, 0) is 61.1 Å². The maximum atomic E-state index is 13.0. The van der Waals surface area contributed by atoms with E-state index in [1.54, 1.807) is 0 Å². The smallest absolute Gasteiger partial charge is 0.416 e. The van der Waals surface area contributed by atoms with Gasteiger partial charge in [-0.1, -0.05) is 6.07 Å². The summed E-state index contributed by atoms with van der Waals surface area (Å²) in [6.45, 7) is 0. The Hall–Kier alpha value is -2.76. The van der Waals surface area contributed by atoms with E-state index in [0.29, 0.717) is 30.4 Å². The summed E-state index contributed by atoms with van der Waals surface area (Å²) in [6.07, 6.45) is -8.07. The number of anilines is 1. The predicted molar refractivity (Wildman–Crippen MR) is 97.3 cm³/mol. The van der Waals surface area contributed by atoms with Gasteiger partial charge in [-0.3, -0.25) is 4.72 Å². The van der Waals surface area contributed by atoms with Crippen LogP contribution in [-0.4, -0.2) is 19.5 Å². The molecule has 1 aliphatic carbocycles.